The van der Waals surface area contributed by atoms with Gasteiger partial charge >= 0.3 is 0 Å². The number of aromatic nitrogens is 1. The third-order valence-electron chi connectivity index (χ3n) is 3.22. The molecule has 0 bridgehead atoms. The molecule has 112 valence electrons. The Morgan fingerprint density at radius 3 is 2.43 bits per heavy atom. The van der Waals surface area contributed by atoms with Crippen molar-refractivity contribution in [3.05, 3.63) is 41.6 Å². The van der Waals surface area contributed by atoms with Gasteiger partial charge in [-0.1, -0.05) is 20.8 Å². The zero-order valence-corrected chi connectivity index (χ0v) is 13.2. The lowest BCUT2D eigenvalue weighted by atomic mass is 9.86. The van der Waals surface area contributed by atoms with E-state index in [0.717, 1.165) is 22.6 Å². The molecule has 0 spiro atoms. The van der Waals surface area contributed by atoms with E-state index >= 15 is 0 Å². The number of methoxy groups -OCH3 is 1. The van der Waals surface area contributed by atoms with Crippen molar-refractivity contribution in [2.24, 2.45) is 0 Å². The predicted octanol–water partition coefficient (Wildman–Crippen LogP) is 4.07. The highest BCUT2D eigenvalue weighted by Crippen LogP contribution is 2.37. The number of ether oxygens (including phenoxy) is 2. The van der Waals surface area contributed by atoms with Gasteiger partial charge in [0.25, 0.3) is 0 Å². The molecule has 0 fully saturated rings. The van der Waals surface area contributed by atoms with E-state index in [-0.39, 0.29) is 5.41 Å². The highest BCUT2D eigenvalue weighted by molar-refractivity contribution is 5.53. The number of hydrogen-bond donors (Lipinski definition) is 1. The van der Waals surface area contributed by atoms with E-state index in [1.807, 2.05) is 31.2 Å². The standard InChI is InChI=1S/C17H22N2O2/c1-11-8-14(18)16(19-10-11)21-15-7-6-12(20-5)9-13(15)17(2,3)4/h6-10H,18H2,1-5H3. The fourth-order valence-corrected chi connectivity index (χ4v) is 2.08. The van der Waals surface area contributed by atoms with E-state index in [9.17, 15) is 0 Å². The summed E-state index contributed by atoms with van der Waals surface area (Å²) in [6.07, 6.45) is 1.74. The highest BCUT2D eigenvalue weighted by Gasteiger charge is 2.21. The number of anilines is 1. The lowest BCUT2D eigenvalue weighted by Gasteiger charge is -2.23. The van der Waals surface area contributed by atoms with Gasteiger partial charge in [-0.3, -0.25) is 0 Å². The number of pyridine rings is 1. The Bertz CT molecular complexity index is 646. The largest absolute Gasteiger partial charge is 0.497 e. The van der Waals surface area contributed by atoms with Gasteiger partial charge in [-0.25, -0.2) is 4.98 Å². The molecule has 0 saturated carbocycles. The maximum atomic E-state index is 5.97. The van der Waals surface area contributed by atoms with E-state index < -0.39 is 0 Å². The Morgan fingerprint density at radius 2 is 1.86 bits per heavy atom. The summed E-state index contributed by atoms with van der Waals surface area (Å²) in [5.41, 5.74) is 8.48. The van der Waals surface area contributed by atoms with E-state index in [0.29, 0.717) is 11.6 Å². The molecule has 0 atom stereocenters. The van der Waals surface area contributed by atoms with Crippen LogP contribution in [0.3, 0.4) is 0 Å². The van der Waals surface area contributed by atoms with Crippen LogP contribution in [0.1, 0.15) is 31.9 Å². The van der Waals surface area contributed by atoms with Gasteiger partial charge in [-0.2, -0.15) is 0 Å². The monoisotopic (exact) mass is 286 g/mol. The zero-order chi connectivity index (χ0) is 15.6. The number of hydrogen-bond acceptors (Lipinski definition) is 4. The smallest absolute Gasteiger partial charge is 0.242 e. The quantitative estimate of drug-likeness (QED) is 0.924. The van der Waals surface area contributed by atoms with E-state index in [4.69, 9.17) is 15.2 Å². The first-order valence-corrected chi connectivity index (χ1v) is 6.90. The fourth-order valence-electron chi connectivity index (χ4n) is 2.08. The molecule has 2 N–H and O–H groups in total. The molecular formula is C17H22N2O2. The van der Waals surface area contributed by atoms with Gasteiger partial charge in [0, 0.05) is 11.8 Å². The average molecular weight is 286 g/mol. The van der Waals surface area contributed by atoms with Gasteiger partial charge in [0.1, 0.15) is 11.5 Å². The van der Waals surface area contributed by atoms with Crippen LogP contribution < -0.4 is 15.2 Å². The molecule has 0 aliphatic rings. The van der Waals surface area contributed by atoms with Crippen molar-refractivity contribution in [1.82, 2.24) is 4.98 Å². The van der Waals surface area contributed by atoms with Gasteiger partial charge in [-0.05, 0) is 42.2 Å². The number of nitrogen functional groups attached to an aromatic ring is 1. The zero-order valence-electron chi connectivity index (χ0n) is 13.2. The molecule has 1 aromatic carbocycles. The number of nitrogens with zero attached hydrogens (tertiary/aromatic N) is 1. The van der Waals surface area contributed by atoms with Crippen LogP contribution in [0.15, 0.2) is 30.5 Å². The Morgan fingerprint density at radius 1 is 1.14 bits per heavy atom. The van der Waals surface area contributed by atoms with Gasteiger partial charge in [0.2, 0.25) is 5.88 Å². The number of benzene rings is 1. The van der Waals surface area contributed by atoms with Crippen LogP contribution in [-0.4, -0.2) is 12.1 Å². The Balaban J connectivity index is 2.44. The van der Waals surface area contributed by atoms with Crippen LogP contribution >= 0.6 is 0 Å². The Kier molecular flexibility index (Phi) is 4.07. The molecule has 0 amide bonds. The highest BCUT2D eigenvalue weighted by atomic mass is 16.5. The third-order valence-corrected chi connectivity index (χ3v) is 3.22. The molecule has 2 rings (SSSR count). The topological polar surface area (TPSA) is 57.4 Å². The summed E-state index contributed by atoms with van der Waals surface area (Å²) in [5.74, 6) is 1.97. The summed E-state index contributed by atoms with van der Waals surface area (Å²) in [4.78, 5) is 4.26. The van der Waals surface area contributed by atoms with Crippen LogP contribution in [0.4, 0.5) is 5.69 Å². The molecule has 21 heavy (non-hydrogen) atoms. The van der Waals surface area contributed by atoms with Crippen molar-refractivity contribution < 1.29 is 9.47 Å². The summed E-state index contributed by atoms with van der Waals surface area (Å²) < 4.78 is 11.2. The van der Waals surface area contributed by atoms with Crippen molar-refractivity contribution in [3.8, 4) is 17.4 Å². The van der Waals surface area contributed by atoms with Gasteiger partial charge < -0.3 is 15.2 Å². The molecule has 1 aromatic heterocycles. The van der Waals surface area contributed by atoms with Crippen LogP contribution in [-0.2, 0) is 5.41 Å². The minimum absolute atomic E-state index is 0.0800. The average Bonchev–Trinajstić information content (AvgIpc) is 2.41. The van der Waals surface area contributed by atoms with Gasteiger partial charge in [0.05, 0.1) is 12.8 Å². The minimum Gasteiger partial charge on any atom is -0.497 e. The normalized spacial score (nSPS) is 11.3. The summed E-state index contributed by atoms with van der Waals surface area (Å²) in [5, 5.41) is 0. The SMILES string of the molecule is COc1ccc(Oc2ncc(C)cc2N)c(C(C)(C)C)c1. The number of aryl methyl sites for hydroxylation is 1. The molecule has 0 aliphatic carbocycles. The van der Waals surface area contributed by atoms with Crippen LogP contribution in [0.5, 0.6) is 17.4 Å². The van der Waals surface area contributed by atoms with Crippen molar-refractivity contribution in [2.45, 2.75) is 33.1 Å². The summed E-state index contributed by atoms with van der Waals surface area (Å²) in [6.45, 7) is 8.32. The molecule has 1 heterocycles. The van der Waals surface area contributed by atoms with Crippen molar-refractivity contribution in [1.29, 1.82) is 0 Å². The van der Waals surface area contributed by atoms with E-state index in [2.05, 4.69) is 25.8 Å². The summed E-state index contributed by atoms with van der Waals surface area (Å²) >= 11 is 0. The maximum Gasteiger partial charge on any atom is 0.242 e. The fraction of sp³-hybridized carbons (Fsp3) is 0.353. The molecule has 0 radical (unpaired) electrons. The van der Waals surface area contributed by atoms with E-state index in [1.54, 1.807) is 13.3 Å². The number of nitrogens with two attached hydrogens (primary N) is 1. The second kappa shape index (κ2) is 5.64. The molecule has 4 heteroatoms. The number of rotatable bonds is 3. The Hall–Kier alpha value is -2.23. The lowest BCUT2D eigenvalue weighted by Crippen LogP contribution is -2.13. The molecule has 0 aliphatic heterocycles. The van der Waals surface area contributed by atoms with Crippen LogP contribution in [0.25, 0.3) is 0 Å². The maximum absolute atomic E-state index is 5.97. The first kappa shape index (κ1) is 15.2. The summed E-state index contributed by atoms with van der Waals surface area (Å²) in [6, 6.07) is 7.59. The second-order valence-electron chi connectivity index (χ2n) is 6.12. The second-order valence-corrected chi connectivity index (χ2v) is 6.12. The van der Waals surface area contributed by atoms with E-state index in [1.165, 1.54) is 0 Å². The van der Waals surface area contributed by atoms with Crippen LogP contribution in [0, 0.1) is 6.92 Å². The molecular weight excluding hydrogens is 264 g/mol. The molecule has 0 unspecified atom stereocenters. The van der Waals surface area contributed by atoms with Gasteiger partial charge in [-0.15, -0.1) is 0 Å². The van der Waals surface area contributed by atoms with Crippen molar-refractivity contribution in [3.63, 3.8) is 0 Å². The van der Waals surface area contributed by atoms with Crippen molar-refractivity contribution >= 4 is 5.69 Å². The third kappa shape index (κ3) is 3.45. The molecule has 4 nitrogen and oxygen atoms in total. The Labute approximate surface area is 125 Å². The van der Waals surface area contributed by atoms with Crippen LogP contribution in [0.2, 0.25) is 0 Å². The predicted molar refractivity (Wildman–Crippen MR) is 85.2 cm³/mol. The lowest BCUT2D eigenvalue weighted by molar-refractivity contribution is 0.405. The van der Waals surface area contributed by atoms with Gasteiger partial charge in [0.15, 0.2) is 0 Å². The summed E-state index contributed by atoms with van der Waals surface area (Å²) in [7, 11) is 1.65. The first-order chi connectivity index (χ1) is 9.81. The van der Waals surface area contributed by atoms with Crippen molar-refractivity contribution in [2.75, 3.05) is 12.8 Å². The molecule has 0 saturated heterocycles. The minimum atomic E-state index is -0.0800. The molecule has 2 aromatic rings. The first-order valence-electron chi connectivity index (χ1n) is 6.90.